The van der Waals surface area contributed by atoms with Gasteiger partial charge in [-0.15, -0.1) is 0 Å². The molecule has 1 N–H and O–H groups in total. The molecule has 0 spiro atoms. The van der Waals surface area contributed by atoms with E-state index in [1.54, 1.807) is 0 Å². The Hall–Kier alpha value is -1.55. The summed E-state index contributed by atoms with van der Waals surface area (Å²) in [5.41, 5.74) is 0.795. The smallest absolute Gasteiger partial charge is 0.253 e. The lowest BCUT2D eigenvalue weighted by atomic mass is 9.84. The zero-order chi connectivity index (χ0) is 15.6. The lowest BCUT2D eigenvalue weighted by molar-refractivity contribution is 0.0739. The molecular weight excluding hydrogens is 288 g/mol. The maximum absolute atomic E-state index is 12.8. The van der Waals surface area contributed by atoms with Gasteiger partial charge in [-0.2, -0.15) is 0 Å². The predicted molar refractivity (Wildman–Crippen MR) is 89.7 cm³/mol. The van der Waals surface area contributed by atoms with Gasteiger partial charge >= 0.3 is 0 Å². The molecule has 1 saturated carbocycles. The molecule has 4 heteroatoms. The minimum absolute atomic E-state index is 0.192. The number of ether oxygens (including phenoxy) is 1. The molecule has 1 aliphatic carbocycles. The second-order valence-corrected chi connectivity index (χ2v) is 7.35. The average molecular weight is 314 g/mol. The molecule has 5 rings (SSSR count). The Morgan fingerprint density at radius 2 is 1.65 bits per heavy atom. The van der Waals surface area contributed by atoms with Crippen LogP contribution in [0.2, 0.25) is 0 Å². The fourth-order valence-corrected chi connectivity index (χ4v) is 4.24. The highest BCUT2D eigenvalue weighted by atomic mass is 16.5. The molecule has 23 heavy (non-hydrogen) atoms. The predicted octanol–water partition coefficient (Wildman–Crippen LogP) is 2.69. The van der Waals surface area contributed by atoms with Gasteiger partial charge in [0.15, 0.2) is 0 Å². The van der Waals surface area contributed by atoms with Gasteiger partial charge in [-0.25, -0.2) is 0 Å². The molecule has 4 nitrogen and oxygen atoms in total. The summed E-state index contributed by atoms with van der Waals surface area (Å²) >= 11 is 0. The number of amides is 1. The van der Waals surface area contributed by atoms with Crippen molar-refractivity contribution in [1.82, 2.24) is 10.2 Å². The molecule has 4 fully saturated rings. The zero-order valence-electron chi connectivity index (χ0n) is 13.7. The van der Waals surface area contributed by atoms with E-state index in [1.165, 1.54) is 25.7 Å². The quantitative estimate of drug-likeness (QED) is 0.932. The highest BCUT2D eigenvalue weighted by Gasteiger charge is 2.31. The second kappa shape index (κ2) is 6.52. The van der Waals surface area contributed by atoms with E-state index in [-0.39, 0.29) is 12.0 Å². The van der Waals surface area contributed by atoms with Crippen molar-refractivity contribution in [2.45, 2.75) is 38.2 Å². The Morgan fingerprint density at radius 1 is 1.00 bits per heavy atom. The van der Waals surface area contributed by atoms with Crippen molar-refractivity contribution >= 4 is 5.91 Å². The Labute approximate surface area is 138 Å². The highest BCUT2D eigenvalue weighted by Crippen LogP contribution is 2.34. The van der Waals surface area contributed by atoms with Crippen LogP contribution >= 0.6 is 0 Å². The molecule has 0 aromatic heterocycles. The molecule has 3 saturated heterocycles. The van der Waals surface area contributed by atoms with Crippen LogP contribution in [-0.2, 0) is 0 Å². The van der Waals surface area contributed by atoms with Crippen LogP contribution in [-0.4, -0.2) is 43.1 Å². The van der Waals surface area contributed by atoms with Crippen molar-refractivity contribution in [3.8, 4) is 5.75 Å². The first-order chi connectivity index (χ1) is 11.3. The van der Waals surface area contributed by atoms with Gasteiger partial charge in [-0.1, -0.05) is 0 Å². The minimum Gasteiger partial charge on any atom is -0.489 e. The standard InChI is InChI=1S/C19H26N2O2/c22-19(21-12-14-1-2-15(13-21)4-3-14)16-5-7-17(8-6-16)23-18-9-10-20-11-18/h5-8,14-15,18,20H,1-4,9-13H2/t14?,15?,18-/m1/s1. The summed E-state index contributed by atoms with van der Waals surface area (Å²) in [4.78, 5) is 14.9. The maximum Gasteiger partial charge on any atom is 0.253 e. The molecule has 1 aromatic rings. The van der Waals surface area contributed by atoms with E-state index < -0.39 is 0 Å². The van der Waals surface area contributed by atoms with Crippen molar-refractivity contribution in [2.75, 3.05) is 26.2 Å². The van der Waals surface area contributed by atoms with E-state index in [4.69, 9.17) is 4.74 Å². The summed E-state index contributed by atoms with van der Waals surface area (Å²) in [5, 5.41) is 3.30. The third-order valence-corrected chi connectivity index (χ3v) is 5.63. The number of rotatable bonds is 3. The van der Waals surface area contributed by atoms with Crippen LogP contribution in [0.15, 0.2) is 24.3 Å². The third kappa shape index (κ3) is 3.37. The molecule has 1 aromatic carbocycles. The summed E-state index contributed by atoms with van der Waals surface area (Å²) < 4.78 is 5.93. The van der Waals surface area contributed by atoms with Crippen molar-refractivity contribution in [3.63, 3.8) is 0 Å². The minimum atomic E-state index is 0.192. The van der Waals surface area contributed by atoms with Crippen LogP contribution in [0, 0.1) is 11.8 Å². The van der Waals surface area contributed by atoms with Gasteiger partial charge in [-0.3, -0.25) is 4.79 Å². The second-order valence-electron chi connectivity index (χ2n) is 7.35. The number of carbonyl (C=O) groups is 1. The lowest BCUT2D eigenvalue weighted by Crippen LogP contribution is -2.34. The van der Waals surface area contributed by atoms with E-state index in [2.05, 4.69) is 10.2 Å². The van der Waals surface area contributed by atoms with Crippen LogP contribution in [0.4, 0.5) is 0 Å². The van der Waals surface area contributed by atoms with Crippen molar-refractivity contribution in [3.05, 3.63) is 29.8 Å². The SMILES string of the molecule is O=C(c1ccc(O[C@@H]2CCNC2)cc1)N1CC2CCC(CC2)C1. The normalized spacial score (nSPS) is 30.3. The van der Waals surface area contributed by atoms with Crippen molar-refractivity contribution in [2.24, 2.45) is 11.8 Å². The third-order valence-electron chi connectivity index (χ3n) is 5.63. The van der Waals surface area contributed by atoms with E-state index >= 15 is 0 Å². The van der Waals surface area contributed by atoms with Gasteiger partial charge in [0.2, 0.25) is 0 Å². The molecule has 2 bridgehead atoms. The zero-order valence-corrected chi connectivity index (χ0v) is 13.7. The number of carbonyl (C=O) groups excluding carboxylic acids is 1. The Morgan fingerprint density at radius 3 is 2.22 bits per heavy atom. The highest BCUT2D eigenvalue weighted by molar-refractivity contribution is 5.94. The van der Waals surface area contributed by atoms with Crippen LogP contribution < -0.4 is 10.1 Å². The molecular formula is C19H26N2O2. The van der Waals surface area contributed by atoms with E-state index in [1.807, 2.05) is 24.3 Å². The Kier molecular flexibility index (Phi) is 4.25. The molecule has 1 atom stereocenters. The number of nitrogens with zero attached hydrogens (tertiary/aromatic N) is 1. The molecule has 1 amide bonds. The first-order valence-corrected chi connectivity index (χ1v) is 9.04. The van der Waals surface area contributed by atoms with Crippen LogP contribution in [0.5, 0.6) is 5.75 Å². The van der Waals surface area contributed by atoms with Crippen molar-refractivity contribution in [1.29, 1.82) is 0 Å². The maximum atomic E-state index is 12.8. The van der Waals surface area contributed by atoms with Crippen LogP contribution in [0.1, 0.15) is 42.5 Å². The molecule has 4 aliphatic rings. The van der Waals surface area contributed by atoms with Crippen LogP contribution in [0.25, 0.3) is 0 Å². The summed E-state index contributed by atoms with van der Waals surface area (Å²) in [6.45, 7) is 3.83. The Balaban J connectivity index is 1.41. The molecule has 3 aliphatic heterocycles. The van der Waals surface area contributed by atoms with Crippen molar-refractivity contribution < 1.29 is 9.53 Å². The fourth-order valence-electron chi connectivity index (χ4n) is 4.24. The van der Waals surface area contributed by atoms with E-state index in [0.717, 1.165) is 55.7 Å². The number of hydrogen-bond donors (Lipinski definition) is 1. The first-order valence-electron chi connectivity index (χ1n) is 9.04. The van der Waals surface area contributed by atoms with Gasteiger partial charge in [0.25, 0.3) is 5.91 Å². The monoisotopic (exact) mass is 314 g/mol. The van der Waals surface area contributed by atoms with E-state index in [9.17, 15) is 4.79 Å². The average Bonchev–Trinajstić information content (AvgIpc) is 2.91. The van der Waals surface area contributed by atoms with Crippen LogP contribution in [0.3, 0.4) is 0 Å². The number of fused-ring (bicyclic) bond motifs is 4. The van der Waals surface area contributed by atoms with Gasteiger partial charge in [-0.05, 0) is 74.8 Å². The van der Waals surface area contributed by atoms with Gasteiger partial charge in [0, 0.05) is 25.2 Å². The summed E-state index contributed by atoms with van der Waals surface area (Å²) in [7, 11) is 0. The number of hydrogen-bond acceptors (Lipinski definition) is 3. The topological polar surface area (TPSA) is 41.6 Å². The molecule has 124 valence electrons. The largest absolute Gasteiger partial charge is 0.489 e. The summed E-state index contributed by atoms with van der Waals surface area (Å²) in [5.74, 6) is 2.49. The summed E-state index contributed by atoms with van der Waals surface area (Å²) in [6.07, 6.45) is 6.52. The first kappa shape index (κ1) is 15.0. The van der Waals surface area contributed by atoms with E-state index in [0.29, 0.717) is 0 Å². The molecule has 3 heterocycles. The lowest BCUT2D eigenvalue weighted by Gasteiger charge is -2.23. The van der Waals surface area contributed by atoms with Gasteiger partial charge < -0.3 is 15.0 Å². The molecule has 0 radical (unpaired) electrons. The van der Waals surface area contributed by atoms with Gasteiger partial charge in [0.1, 0.15) is 11.9 Å². The summed E-state index contributed by atoms with van der Waals surface area (Å²) in [6, 6.07) is 7.73. The number of nitrogens with one attached hydrogen (secondary N) is 1. The Bertz CT molecular complexity index is 529. The fraction of sp³-hybridized carbons (Fsp3) is 0.632. The molecule has 0 unspecified atom stereocenters. The number of benzene rings is 1. The van der Waals surface area contributed by atoms with Gasteiger partial charge in [0.05, 0.1) is 0 Å².